The predicted octanol–water partition coefficient (Wildman–Crippen LogP) is 4.05. The van der Waals surface area contributed by atoms with Gasteiger partial charge >= 0.3 is 6.09 Å². The van der Waals surface area contributed by atoms with Crippen LogP contribution in [0.2, 0.25) is 0 Å². The number of benzene rings is 1. The number of anilines is 1. The van der Waals surface area contributed by atoms with E-state index < -0.39 is 11.5 Å². The van der Waals surface area contributed by atoms with Crippen LogP contribution in [-0.2, 0) is 11.3 Å². The average Bonchev–Trinajstić information content (AvgIpc) is 3.47. The van der Waals surface area contributed by atoms with E-state index in [2.05, 4.69) is 30.2 Å². The fraction of sp³-hybridized carbons (Fsp3) is 0.500. The Bertz CT molecular complexity index is 1390. The Hall–Kier alpha value is -3.82. The van der Waals surface area contributed by atoms with Crippen molar-refractivity contribution < 1.29 is 14.3 Å². The van der Waals surface area contributed by atoms with Crippen LogP contribution in [0.1, 0.15) is 73.3 Å². The monoisotopic (exact) mass is 519 g/mol. The Morgan fingerprint density at radius 3 is 2.58 bits per heavy atom. The highest BCUT2D eigenvalue weighted by Crippen LogP contribution is 2.55. The molecule has 1 spiro atoms. The Morgan fingerprint density at radius 2 is 1.92 bits per heavy atom. The molecule has 0 unspecified atom stereocenters. The summed E-state index contributed by atoms with van der Waals surface area (Å²) in [5.74, 6) is -0.333. The smallest absolute Gasteiger partial charge is 0.410 e. The molecule has 2 fully saturated rings. The molecule has 1 saturated heterocycles. The molecule has 0 radical (unpaired) electrons. The fourth-order valence-electron chi connectivity index (χ4n) is 5.85. The number of carbonyl (C=O) groups is 2. The number of amides is 2. The first kappa shape index (κ1) is 25.8. The maximum Gasteiger partial charge on any atom is 0.410 e. The summed E-state index contributed by atoms with van der Waals surface area (Å²) in [6.07, 6.45) is 4.18. The van der Waals surface area contributed by atoms with Crippen LogP contribution >= 0.6 is 0 Å². The molecular weight excluding hydrogens is 482 g/mol. The van der Waals surface area contributed by atoms with E-state index in [1.54, 1.807) is 9.58 Å². The second kappa shape index (κ2) is 9.18. The van der Waals surface area contributed by atoms with Crippen LogP contribution in [0.3, 0.4) is 0 Å². The zero-order valence-electron chi connectivity index (χ0n) is 22.8. The molecule has 3 aromatic rings. The molecule has 2 aliphatic rings. The SMILES string of the molecule is Cc1cccc(Cn2cc(-c3nn([C@H]4C[C@@]5(CCN(C(=O)OC(C)(C)C)C5)C4)c(N)c3C(N)=O)c(C)n2)c1. The van der Waals surface area contributed by atoms with E-state index in [0.29, 0.717) is 25.3 Å². The number of nitrogen functional groups attached to an aromatic ring is 1. The van der Waals surface area contributed by atoms with Gasteiger partial charge in [0.05, 0.1) is 18.3 Å². The van der Waals surface area contributed by atoms with E-state index in [-0.39, 0.29) is 28.9 Å². The second-order valence-electron chi connectivity index (χ2n) is 11.9. The van der Waals surface area contributed by atoms with Crippen molar-refractivity contribution in [3.05, 3.63) is 52.8 Å². The fourth-order valence-corrected chi connectivity index (χ4v) is 5.85. The molecule has 10 heteroatoms. The highest BCUT2D eigenvalue weighted by molar-refractivity contribution is 6.03. The van der Waals surface area contributed by atoms with Gasteiger partial charge in [0.1, 0.15) is 22.7 Å². The summed E-state index contributed by atoms with van der Waals surface area (Å²) in [6, 6.07) is 8.30. The number of rotatable bonds is 5. The Morgan fingerprint density at radius 1 is 1.18 bits per heavy atom. The highest BCUT2D eigenvalue weighted by Gasteiger charge is 2.51. The molecule has 38 heavy (non-hydrogen) atoms. The third-order valence-electron chi connectivity index (χ3n) is 7.60. The van der Waals surface area contributed by atoms with Crippen molar-refractivity contribution in [2.75, 3.05) is 18.8 Å². The van der Waals surface area contributed by atoms with Crippen LogP contribution in [0.5, 0.6) is 0 Å². The second-order valence-corrected chi connectivity index (χ2v) is 11.9. The van der Waals surface area contributed by atoms with Gasteiger partial charge < -0.3 is 21.1 Å². The minimum absolute atomic E-state index is 0.0155. The molecule has 3 heterocycles. The van der Waals surface area contributed by atoms with Crippen LogP contribution in [0, 0.1) is 19.3 Å². The molecule has 0 bridgehead atoms. The van der Waals surface area contributed by atoms with Crippen molar-refractivity contribution in [2.45, 2.75) is 72.1 Å². The molecule has 10 nitrogen and oxygen atoms in total. The largest absolute Gasteiger partial charge is 0.444 e. The summed E-state index contributed by atoms with van der Waals surface area (Å²) in [4.78, 5) is 26.8. The van der Waals surface area contributed by atoms with Gasteiger partial charge in [0.2, 0.25) is 0 Å². The van der Waals surface area contributed by atoms with E-state index in [9.17, 15) is 9.59 Å². The molecule has 202 valence electrons. The molecule has 1 saturated carbocycles. The van der Waals surface area contributed by atoms with Gasteiger partial charge in [-0.05, 0) is 64.9 Å². The summed E-state index contributed by atoms with van der Waals surface area (Å²) in [5.41, 5.74) is 16.2. The molecule has 4 N–H and O–H groups in total. The number of primary amides is 1. The van der Waals surface area contributed by atoms with Crippen LogP contribution in [0.15, 0.2) is 30.5 Å². The minimum atomic E-state index is -0.611. The van der Waals surface area contributed by atoms with E-state index in [4.69, 9.17) is 21.3 Å². The van der Waals surface area contributed by atoms with Gasteiger partial charge in [-0.25, -0.2) is 9.48 Å². The number of ether oxygens (including phenoxy) is 1. The van der Waals surface area contributed by atoms with Crippen LogP contribution in [-0.4, -0.2) is 55.2 Å². The molecule has 1 aliphatic carbocycles. The number of nitrogens with zero attached hydrogens (tertiary/aromatic N) is 5. The molecule has 5 rings (SSSR count). The third-order valence-corrected chi connectivity index (χ3v) is 7.60. The van der Waals surface area contributed by atoms with Crippen molar-refractivity contribution >= 4 is 17.8 Å². The molecule has 2 amide bonds. The summed E-state index contributed by atoms with van der Waals surface area (Å²) in [6.45, 7) is 11.5. The van der Waals surface area contributed by atoms with E-state index in [1.807, 2.05) is 44.6 Å². The van der Waals surface area contributed by atoms with Gasteiger partial charge in [-0.2, -0.15) is 10.2 Å². The Labute approximate surface area is 222 Å². The lowest BCUT2D eigenvalue weighted by Gasteiger charge is -2.45. The lowest BCUT2D eigenvalue weighted by molar-refractivity contribution is 0.0187. The summed E-state index contributed by atoms with van der Waals surface area (Å²) < 4.78 is 9.15. The molecule has 0 atom stereocenters. The van der Waals surface area contributed by atoms with Crippen LogP contribution in [0.4, 0.5) is 10.6 Å². The van der Waals surface area contributed by atoms with Crippen LogP contribution in [0.25, 0.3) is 11.3 Å². The van der Waals surface area contributed by atoms with Crippen molar-refractivity contribution in [3.8, 4) is 11.3 Å². The lowest BCUT2D eigenvalue weighted by Crippen LogP contribution is -2.43. The molecule has 2 aromatic heterocycles. The van der Waals surface area contributed by atoms with Gasteiger partial charge in [0.15, 0.2) is 0 Å². The number of aromatic nitrogens is 4. The van der Waals surface area contributed by atoms with Gasteiger partial charge in [0, 0.05) is 24.8 Å². The number of carbonyl (C=O) groups excluding carboxylic acids is 2. The summed E-state index contributed by atoms with van der Waals surface area (Å²) in [5, 5.41) is 9.47. The summed E-state index contributed by atoms with van der Waals surface area (Å²) >= 11 is 0. The maximum absolute atomic E-state index is 12.5. The first-order chi connectivity index (χ1) is 17.8. The quantitative estimate of drug-likeness (QED) is 0.522. The van der Waals surface area contributed by atoms with Gasteiger partial charge in [-0.15, -0.1) is 0 Å². The zero-order chi connectivity index (χ0) is 27.4. The number of likely N-dealkylation sites (tertiary alicyclic amines) is 1. The van der Waals surface area contributed by atoms with Crippen molar-refractivity contribution in [1.29, 1.82) is 0 Å². The minimum Gasteiger partial charge on any atom is -0.444 e. The molecular formula is C28H37N7O3. The normalized spacial score (nSPS) is 21.1. The van der Waals surface area contributed by atoms with Crippen molar-refractivity contribution in [1.82, 2.24) is 24.5 Å². The van der Waals surface area contributed by atoms with Gasteiger partial charge in [0.25, 0.3) is 5.91 Å². The van der Waals surface area contributed by atoms with E-state index in [0.717, 1.165) is 36.1 Å². The van der Waals surface area contributed by atoms with Crippen LogP contribution < -0.4 is 11.5 Å². The number of hydrogen-bond acceptors (Lipinski definition) is 6. The number of aryl methyl sites for hydroxylation is 2. The first-order valence-corrected chi connectivity index (χ1v) is 13.1. The highest BCUT2D eigenvalue weighted by atomic mass is 16.6. The van der Waals surface area contributed by atoms with Gasteiger partial charge in [-0.1, -0.05) is 29.8 Å². The number of nitrogens with two attached hydrogens (primary N) is 2. The third kappa shape index (κ3) is 4.87. The zero-order valence-corrected chi connectivity index (χ0v) is 22.8. The number of hydrogen-bond donors (Lipinski definition) is 2. The first-order valence-electron chi connectivity index (χ1n) is 13.1. The molecule has 1 aliphatic heterocycles. The van der Waals surface area contributed by atoms with Crippen molar-refractivity contribution in [2.24, 2.45) is 11.1 Å². The molecule has 1 aromatic carbocycles. The summed E-state index contributed by atoms with van der Waals surface area (Å²) in [7, 11) is 0. The maximum atomic E-state index is 12.5. The van der Waals surface area contributed by atoms with Gasteiger partial charge in [-0.3, -0.25) is 9.48 Å². The Balaban J connectivity index is 1.35. The Kier molecular flexibility index (Phi) is 6.24. The lowest BCUT2D eigenvalue weighted by atomic mass is 9.65. The topological polar surface area (TPSA) is 134 Å². The standard InChI is InChI=1S/C28H37N7O3/c1-17-7-6-8-19(11-17)14-34-15-21(18(2)31-34)23-22(25(30)36)24(29)35(32-23)20-12-28(13-20)9-10-33(16-28)26(37)38-27(3,4)5/h6-8,11,15,20H,9-10,12-14,16,29H2,1-5H3,(H2,30,36)/t20-,28-. The van der Waals surface area contributed by atoms with E-state index >= 15 is 0 Å². The average molecular weight is 520 g/mol. The van der Waals surface area contributed by atoms with E-state index in [1.165, 1.54) is 5.56 Å². The predicted molar refractivity (Wildman–Crippen MR) is 145 cm³/mol. The van der Waals surface area contributed by atoms with Crippen molar-refractivity contribution in [3.63, 3.8) is 0 Å².